The zero-order valence-electron chi connectivity index (χ0n) is 21.8. The molecule has 30 heavy (non-hydrogen) atoms. The number of unbranched alkanes of at least 4 members (excludes halogenated alkanes) is 16. The smallest absolute Gasteiger partial charge is 0.0786 e. The van der Waals surface area contributed by atoms with Crippen LogP contribution in [0.3, 0.4) is 0 Å². The van der Waals surface area contributed by atoms with Crippen molar-refractivity contribution in [2.75, 3.05) is 26.2 Å². The molecule has 0 rings (SSSR count). The molecule has 0 unspecified atom stereocenters. The van der Waals surface area contributed by atoms with E-state index in [4.69, 9.17) is 0 Å². The molecule has 0 aromatic carbocycles. The topological polar surface area (TPSA) is 0 Å². The highest BCUT2D eigenvalue weighted by molar-refractivity contribution is 4.51. The molecule has 0 aliphatic rings. The molecule has 0 aliphatic carbocycles. The molecule has 0 fully saturated rings. The molecular formula is C28H60BrN. The maximum atomic E-state index is 2.37. The first-order chi connectivity index (χ1) is 14.2. The summed E-state index contributed by atoms with van der Waals surface area (Å²) in [5.74, 6) is 0. The molecular weight excluding hydrogens is 430 g/mol. The van der Waals surface area contributed by atoms with Gasteiger partial charge in [-0.05, 0) is 32.1 Å². The Bertz CT molecular complexity index is 288. The average molecular weight is 491 g/mol. The van der Waals surface area contributed by atoms with E-state index >= 15 is 0 Å². The Labute approximate surface area is 203 Å². The number of nitrogens with zero attached hydrogens (tertiary/aromatic N) is 1. The van der Waals surface area contributed by atoms with Gasteiger partial charge in [-0.1, -0.05) is 124 Å². The van der Waals surface area contributed by atoms with Gasteiger partial charge >= 0.3 is 0 Å². The molecule has 0 aliphatic heterocycles. The summed E-state index contributed by atoms with van der Waals surface area (Å²) in [4.78, 5) is 0. The van der Waals surface area contributed by atoms with E-state index < -0.39 is 0 Å². The second-order valence-corrected chi connectivity index (χ2v) is 9.89. The first-order valence-corrected chi connectivity index (χ1v) is 14.1. The van der Waals surface area contributed by atoms with Crippen molar-refractivity contribution in [2.45, 2.75) is 156 Å². The fourth-order valence-corrected chi connectivity index (χ4v) is 5.27. The molecule has 0 aromatic rings. The number of hydrogen-bond acceptors (Lipinski definition) is 0. The lowest BCUT2D eigenvalue weighted by molar-refractivity contribution is -0.928. The largest absolute Gasteiger partial charge is 1.00 e. The van der Waals surface area contributed by atoms with Gasteiger partial charge in [0.05, 0.1) is 26.2 Å². The first kappa shape index (κ1) is 32.6. The molecule has 0 N–H and O–H groups in total. The normalized spacial score (nSPS) is 11.6. The van der Waals surface area contributed by atoms with Gasteiger partial charge < -0.3 is 21.5 Å². The van der Waals surface area contributed by atoms with Gasteiger partial charge in [0, 0.05) is 0 Å². The standard InChI is InChI=1S/C28H60N.BrH/c1-5-9-10-11-12-13-14-15-16-17-18-19-20-21-22-23-24-28-29(25-6-2,26-7-3)27-8-4;/h5-28H2,1-4H3;1H/q+1;/p-1. The molecule has 0 heterocycles. The minimum Gasteiger partial charge on any atom is -1.00 e. The van der Waals surface area contributed by atoms with Gasteiger partial charge in [0.1, 0.15) is 0 Å². The van der Waals surface area contributed by atoms with Crippen molar-refractivity contribution >= 4 is 0 Å². The molecule has 0 bridgehead atoms. The third-order valence-electron chi connectivity index (χ3n) is 6.83. The van der Waals surface area contributed by atoms with Crippen molar-refractivity contribution < 1.29 is 21.5 Å². The molecule has 0 spiro atoms. The van der Waals surface area contributed by atoms with Crippen LogP contribution in [-0.2, 0) is 0 Å². The maximum Gasteiger partial charge on any atom is 0.0786 e. The molecule has 0 atom stereocenters. The van der Waals surface area contributed by atoms with E-state index in [2.05, 4.69) is 27.7 Å². The highest BCUT2D eigenvalue weighted by Gasteiger charge is 2.23. The van der Waals surface area contributed by atoms with Crippen LogP contribution in [0.5, 0.6) is 0 Å². The molecule has 0 saturated carbocycles. The summed E-state index contributed by atoms with van der Waals surface area (Å²) in [7, 11) is 0. The van der Waals surface area contributed by atoms with Crippen LogP contribution in [-0.4, -0.2) is 30.7 Å². The third kappa shape index (κ3) is 20.3. The zero-order chi connectivity index (χ0) is 21.5. The number of hydrogen-bond donors (Lipinski definition) is 0. The quantitative estimate of drug-likeness (QED) is 0.104. The van der Waals surface area contributed by atoms with Crippen LogP contribution in [0.15, 0.2) is 0 Å². The van der Waals surface area contributed by atoms with E-state index in [1.165, 1.54) is 159 Å². The average Bonchev–Trinajstić information content (AvgIpc) is 2.71. The van der Waals surface area contributed by atoms with Crippen LogP contribution in [0.4, 0.5) is 0 Å². The summed E-state index contributed by atoms with van der Waals surface area (Å²) in [5.41, 5.74) is 0. The van der Waals surface area contributed by atoms with Crippen molar-refractivity contribution in [3.63, 3.8) is 0 Å². The van der Waals surface area contributed by atoms with Gasteiger partial charge in [-0.15, -0.1) is 0 Å². The number of rotatable bonds is 24. The lowest BCUT2D eigenvalue weighted by atomic mass is 10.0. The molecule has 0 saturated heterocycles. The molecule has 2 heteroatoms. The van der Waals surface area contributed by atoms with Crippen molar-refractivity contribution in [3.05, 3.63) is 0 Å². The molecule has 184 valence electrons. The Kier molecular flexibility index (Phi) is 27.9. The van der Waals surface area contributed by atoms with Crippen molar-refractivity contribution in [2.24, 2.45) is 0 Å². The summed E-state index contributed by atoms with van der Waals surface area (Å²) >= 11 is 0. The predicted octanol–water partition coefficient (Wildman–Crippen LogP) is 6.69. The molecule has 1 nitrogen and oxygen atoms in total. The van der Waals surface area contributed by atoms with Crippen LogP contribution >= 0.6 is 0 Å². The van der Waals surface area contributed by atoms with Crippen molar-refractivity contribution in [3.8, 4) is 0 Å². The lowest BCUT2D eigenvalue weighted by Gasteiger charge is -2.38. The molecule has 0 amide bonds. The Morgan fingerprint density at radius 2 is 0.567 bits per heavy atom. The van der Waals surface area contributed by atoms with Gasteiger partial charge in [-0.3, -0.25) is 0 Å². The van der Waals surface area contributed by atoms with Crippen molar-refractivity contribution in [1.82, 2.24) is 0 Å². The maximum absolute atomic E-state index is 2.37. The van der Waals surface area contributed by atoms with Gasteiger partial charge in [0.15, 0.2) is 0 Å². The fraction of sp³-hybridized carbons (Fsp3) is 1.00. The minimum atomic E-state index is 0. The van der Waals surface area contributed by atoms with Crippen LogP contribution in [0.2, 0.25) is 0 Å². The van der Waals surface area contributed by atoms with E-state index in [0.29, 0.717) is 0 Å². The second-order valence-electron chi connectivity index (χ2n) is 9.89. The highest BCUT2D eigenvalue weighted by Crippen LogP contribution is 2.17. The summed E-state index contributed by atoms with van der Waals surface area (Å²) in [5, 5.41) is 0. The van der Waals surface area contributed by atoms with E-state index in [-0.39, 0.29) is 17.0 Å². The summed E-state index contributed by atoms with van der Waals surface area (Å²) in [6.45, 7) is 15.1. The van der Waals surface area contributed by atoms with Crippen LogP contribution in [0.1, 0.15) is 156 Å². The second kappa shape index (κ2) is 25.7. The van der Waals surface area contributed by atoms with Gasteiger partial charge in [-0.2, -0.15) is 0 Å². The summed E-state index contributed by atoms with van der Waals surface area (Å²) in [6.07, 6.45) is 29.0. The van der Waals surface area contributed by atoms with Gasteiger partial charge in [0.25, 0.3) is 0 Å². The van der Waals surface area contributed by atoms with Crippen molar-refractivity contribution in [1.29, 1.82) is 0 Å². The van der Waals surface area contributed by atoms with E-state index in [1.54, 1.807) is 0 Å². The van der Waals surface area contributed by atoms with Crippen LogP contribution in [0, 0.1) is 0 Å². The van der Waals surface area contributed by atoms with E-state index in [1.807, 2.05) is 0 Å². The Balaban J connectivity index is 0. The van der Waals surface area contributed by atoms with Crippen LogP contribution in [0.25, 0.3) is 0 Å². The Morgan fingerprint density at radius 3 is 0.833 bits per heavy atom. The Morgan fingerprint density at radius 1 is 0.300 bits per heavy atom. The monoisotopic (exact) mass is 489 g/mol. The Hall–Kier alpha value is 0.440. The summed E-state index contributed by atoms with van der Waals surface area (Å²) < 4.78 is 1.40. The lowest BCUT2D eigenvalue weighted by Crippen LogP contribution is -3.00. The number of quaternary nitrogens is 1. The van der Waals surface area contributed by atoms with E-state index in [9.17, 15) is 0 Å². The van der Waals surface area contributed by atoms with Gasteiger partial charge in [0.2, 0.25) is 0 Å². The SMILES string of the molecule is CCCCCCCCCCCCCCCCCCC[N+](CCC)(CCC)CCC.[Br-]. The number of halogens is 1. The summed E-state index contributed by atoms with van der Waals surface area (Å²) in [6, 6.07) is 0. The molecule has 0 radical (unpaired) electrons. The van der Waals surface area contributed by atoms with Gasteiger partial charge in [-0.25, -0.2) is 0 Å². The van der Waals surface area contributed by atoms with Crippen LogP contribution < -0.4 is 17.0 Å². The first-order valence-electron chi connectivity index (χ1n) is 14.1. The fourth-order valence-electron chi connectivity index (χ4n) is 5.27. The predicted molar refractivity (Wildman–Crippen MR) is 135 cm³/mol. The third-order valence-corrected chi connectivity index (χ3v) is 6.83. The highest BCUT2D eigenvalue weighted by atomic mass is 79.9. The minimum absolute atomic E-state index is 0. The molecule has 0 aromatic heterocycles. The zero-order valence-corrected chi connectivity index (χ0v) is 23.4. The van der Waals surface area contributed by atoms with E-state index in [0.717, 1.165) is 0 Å².